The predicted molar refractivity (Wildman–Crippen MR) is 152 cm³/mol. The van der Waals surface area contributed by atoms with Crippen LogP contribution < -0.4 is 5.32 Å². The first-order chi connectivity index (χ1) is 18.1. The second kappa shape index (κ2) is 14.0. The number of benzene rings is 3. The topological polar surface area (TPSA) is 49.4 Å². The van der Waals surface area contributed by atoms with Gasteiger partial charge in [-0.25, -0.2) is 0 Å². The Labute approximate surface area is 225 Å². The van der Waals surface area contributed by atoms with Gasteiger partial charge in [-0.1, -0.05) is 97.6 Å². The fourth-order valence-corrected chi connectivity index (χ4v) is 5.75. The van der Waals surface area contributed by atoms with Gasteiger partial charge in [-0.05, 0) is 43.0 Å². The number of nitrogens with zero attached hydrogens (tertiary/aromatic N) is 1. The van der Waals surface area contributed by atoms with Crippen LogP contribution in [0, 0.1) is 6.92 Å². The third kappa shape index (κ3) is 8.50. The Balaban J connectivity index is 1.54. The Kier molecular flexibility index (Phi) is 10.2. The van der Waals surface area contributed by atoms with Crippen LogP contribution in [0.2, 0.25) is 0 Å². The van der Waals surface area contributed by atoms with Crippen molar-refractivity contribution < 1.29 is 9.59 Å². The molecule has 194 valence electrons. The minimum absolute atomic E-state index is 0.0168. The van der Waals surface area contributed by atoms with Crippen LogP contribution in [0.4, 0.5) is 0 Å². The molecule has 3 aromatic rings. The lowest BCUT2D eigenvalue weighted by Crippen LogP contribution is -2.52. The first-order valence-corrected chi connectivity index (χ1v) is 14.4. The number of nitrogens with one attached hydrogen (secondary N) is 1. The van der Waals surface area contributed by atoms with Crippen molar-refractivity contribution in [3.05, 3.63) is 102 Å². The molecule has 0 aliphatic heterocycles. The summed E-state index contributed by atoms with van der Waals surface area (Å²) in [6, 6.07) is 28.1. The molecule has 5 heteroatoms. The van der Waals surface area contributed by atoms with Gasteiger partial charge < -0.3 is 10.2 Å². The number of aryl methyl sites for hydroxylation is 1. The second-order valence-electron chi connectivity index (χ2n) is 9.97. The van der Waals surface area contributed by atoms with E-state index < -0.39 is 6.04 Å². The summed E-state index contributed by atoms with van der Waals surface area (Å²) in [7, 11) is 0. The molecule has 1 saturated carbocycles. The maximum Gasteiger partial charge on any atom is 0.243 e. The first kappa shape index (κ1) is 27.0. The van der Waals surface area contributed by atoms with E-state index in [1.807, 2.05) is 65.6 Å². The molecule has 37 heavy (non-hydrogen) atoms. The molecule has 4 nitrogen and oxygen atoms in total. The molecule has 4 rings (SSSR count). The average Bonchev–Trinajstić information content (AvgIpc) is 2.93. The molecule has 1 atom stereocenters. The zero-order valence-corrected chi connectivity index (χ0v) is 22.6. The number of thioether (sulfide) groups is 1. The van der Waals surface area contributed by atoms with Crippen LogP contribution in [-0.4, -0.2) is 34.6 Å². The van der Waals surface area contributed by atoms with Crippen LogP contribution >= 0.6 is 11.8 Å². The molecule has 0 unspecified atom stereocenters. The highest BCUT2D eigenvalue weighted by Crippen LogP contribution is 2.22. The van der Waals surface area contributed by atoms with Gasteiger partial charge in [0.2, 0.25) is 11.8 Å². The maximum absolute atomic E-state index is 13.8. The molecule has 1 aliphatic carbocycles. The molecule has 0 spiro atoms. The number of hydrogen-bond donors (Lipinski definition) is 1. The lowest BCUT2D eigenvalue weighted by Gasteiger charge is -2.33. The molecule has 0 bridgehead atoms. The van der Waals surface area contributed by atoms with Crippen LogP contribution in [0.15, 0.2) is 89.8 Å². The summed E-state index contributed by atoms with van der Waals surface area (Å²) in [5, 5.41) is 3.31. The Morgan fingerprint density at radius 3 is 2.14 bits per heavy atom. The molecule has 0 heterocycles. The monoisotopic (exact) mass is 514 g/mol. The van der Waals surface area contributed by atoms with Gasteiger partial charge in [0.25, 0.3) is 0 Å². The number of rotatable bonds is 11. The molecular formula is C32H38N2O2S. The van der Waals surface area contributed by atoms with Gasteiger partial charge in [0.15, 0.2) is 0 Å². The van der Waals surface area contributed by atoms with Crippen molar-refractivity contribution in [3.63, 3.8) is 0 Å². The Bertz CT molecular complexity index is 1110. The summed E-state index contributed by atoms with van der Waals surface area (Å²) in [4.78, 5) is 30.5. The fraction of sp³-hybridized carbons (Fsp3) is 0.375. The lowest BCUT2D eigenvalue weighted by molar-refractivity contribution is -0.141. The number of carbonyl (C=O) groups is 2. The van der Waals surface area contributed by atoms with Crippen molar-refractivity contribution in [2.24, 2.45) is 0 Å². The zero-order chi connectivity index (χ0) is 25.9. The molecule has 1 fully saturated rings. The number of amides is 2. The van der Waals surface area contributed by atoms with E-state index in [9.17, 15) is 9.59 Å². The number of carbonyl (C=O) groups excluding carboxylic acids is 2. The molecule has 0 radical (unpaired) electrons. The maximum atomic E-state index is 13.8. The van der Waals surface area contributed by atoms with E-state index in [1.54, 1.807) is 11.8 Å². The summed E-state index contributed by atoms with van der Waals surface area (Å²) < 4.78 is 0. The summed E-state index contributed by atoms with van der Waals surface area (Å²) in [6.45, 7) is 2.50. The molecule has 0 aromatic heterocycles. The van der Waals surface area contributed by atoms with Gasteiger partial charge >= 0.3 is 0 Å². The first-order valence-electron chi connectivity index (χ1n) is 13.5. The highest BCUT2D eigenvalue weighted by molar-refractivity contribution is 7.99. The molecule has 1 N–H and O–H groups in total. The van der Waals surface area contributed by atoms with Crippen molar-refractivity contribution in [2.75, 3.05) is 5.75 Å². The quantitative estimate of drug-likeness (QED) is 0.295. The Morgan fingerprint density at radius 2 is 1.49 bits per heavy atom. The van der Waals surface area contributed by atoms with E-state index in [4.69, 9.17) is 0 Å². The lowest BCUT2D eigenvalue weighted by atomic mass is 9.94. The van der Waals surface area contributed by atoms with Crippen molar-refractivity contribution in [2.45, 2.75) is 75.4 Å². The predicted octanol–water partition coefficient (Wildman–Crippen LogP) is 6.57. The average molecular weight is 515 g/mol. The van der Waals surface area contributed by atoms with Gasteiger partial charge in [0.1, 0.15) is 6.04 Å². The SMILES string of the molecule is Cc1ccc(SCCC(=O)N(Cc2ccccc2)[C@@H](Cc2ccccc2)C(=O)NC2CCCCC2)cc1. The van der Waals surface area contributed by atoms with E-state index in [0.717, 1.165) is 41.7 Å². The van der Waals surface area contributed by atoms with Crippen molar-refractivity contribution >= 4 is 23.6 Å². The van der Waals surface area contributed by atoms with E-state index in [-0.39, 0.29) is 17.9 Å². The van der Waals surface area contributed by atoms with Gasteiger partial charge in [-0.2, -0.15) is 0 Å². The second-order valence-corrected chi connectivity index (χ2v) is 11.1. The van der Waals surface area contributed by atoms with Gasteiger partial charge in [0, 0.05) is 36.1 Å². The summed E-state index contributed by atoms with van der Waals surface area (Å²) in [5.41, 5.74) is 3.32. The van der Waals surface area contributed by atoms with E-state index in [2.05, 4.69) is 36.5 Å². The third-order valence-electron chi connectivity index (χ3n) is 7.02. The van der Waals surface area contributed by atoms with Gasteiger partial charge in [0.05, 0.1) is 0 Å². The fourth-order valence-electron chi connectivity index (χ4n) is 4.91. The zero-order valence-electron chi connectivity index (χ0n) is 21.8. The van der Waals surface area contributed by atoms with Crippen molar-refractivity contribution in [3.8, 4) is 0 Å². The normalized spacial score (nSPS) is 14.6. The highest BCUT2D eigenvalue weighted by Gasteiger charge is 2.31. The van der Waals surface area contributed by atoms with Crippen LogP contribution in [0.5, 0.6) is 0 Å². The summed E-state index contributed by atoms with van der Waals surface area (Å²) in [5.74, 6) is 0.657. The van der Waals surface area contributed by atoms with Crippen molar-refractivity contribution in [1.82, 2.24) is 10.2 Å². The van der Waals surface area contributed by atoms with Crippen LogP contribution in [-0.2, 0) is 22.6 Å². The Morgan fingerprint density at radius 1 is 0.865 bits per heavy atom. The minimum Gasteiger partial charge on any atom is -0.352 e. The van der Waals surface area contributed by atoms with E-state index in [0.29, 0.717) is 25.1 Å². The molecule has 3 aromatic carbocycles. The molecule has 0 saturated heterocycles. The summed E-state index contributed by atoms with van der Waals surface area (Å²) in [6.07, 6.45) is 6.45. The molecular weight excluding hydrogens is 476 g/mol. The summed E-state index contributed by atoms with van der Waals surface area (Å²) >= 11 is 1.69. The smallest absolute Gasteiger partial charge is 0.243 e. The number of hydrogen-bond acceptors (Lipinski definition) is 3. The Hall–Kier alpha value is -3.05. The van der Waals surface area contributed by atoms with Crippen LogP contribution in [0.25, 0.3) is 0 Å². The largest absolute Gasteiger partial charge is 0.352 e. The van der Waals surface area contributed by atoms with E-state index in [1.165, 1.54) is 12.0 Å². The van der Waals surface area contributed by atoms with Crippen LogP contribution in [0.1, 0.15) is 55.2 Å². The van der Waals surface area contributed by atoms with Gasteiger partial charge in [-0.15, -0.1) is 11.8 Å². The third-order valence-corrected chi connectivity index (χ3v) is 8.04. The minimum atomic E-state index is -0.554. The van der Waals surface area contributed by atoms with Crippen LogP contribution in [0.3, 0.4) is 0 Å². The van der Waals surface area contributed by atoms with E-state index >= 15 is 0 Å². The standard InChI is InChI=1S/C32H38N2O2S/c1-25-17-19-29(20-18-25)37-22-21-31(35)34(24-27-13-7-3-8-14-27)30(23-26-11-5-2-6-12-26)32(36)33-28-15-9-4-10-16-28/h2-3,5-8,11-14,17-20,28,30H,4,9-10,15-16,21-24H2,1H3,(H,33,36)/t30-/m0/s1. The molecule has 2 amide bonds. The van der Waals surface area contributed by atoms with Gasteiger partial charge in [-0.3, -0.25) is 9.59 Å². The highest BCUT2D eigenvalue weighted by atomic mass is 32.2. The van der Waals surface area contributed by atoms with Crippen molar-refractivity contribution in [1.29, 1.82) is 0 Å². The molecule has 1 aliphatic rings.